The number of halogens is 2. The van der Waals surface area contributed by atoms with Gasteiger partial charge in [0.05, 0.1) is 0 Å². The fourth-order valence-corrected chi connectivity index (χ4v) is 9.35. The van der Waals surface area contributed by atoms with Crippen LogP contribution in [0, 0.1) is 23.2 Å². The molecule has 0 heterocycles. The van der Waals surface area contributed by atoms with Crippen LogP contribution in [0.4, 0.5) is 0 Å². The second-order valence-corrected chi connectivity index (χ2v) is 16.1. The third-order valence-corrected chi connectivity index (χ3v) is 12.1. The van der Waals surface area contributed by atoms with Crippen LogP contribution in [0.2, 0.25) is 0 Å². The van der Waals surface area contributed by atoms with Crippen molar-refractivity contribution in [3.8, 4) is 0 Å². The summed E-state index contributed by atoms with van der Waals surface area (Å²) < 4.78 is 1.42. The van der Waals surface area contributed by atoms with Crippen molar-refractivity contribution in [3.63, 3.8) is 0 Å². The van der Waals surface area contributed by atoms with Crippen molar-refractivity contribution >= 4 is 14.9 Å². The van der Waals surface area contributed by atoms with Gasteiger partial charge < -0.3 is 24.8 Å². The molecule has 3 heteroatoms. The molecule has 0 aromatic heterocycles. The van der Waals surface area contributed by atoms with Crippen LogP contribution in [0.5, 0.6) is 0 Å². The first kappa shape index (κ1) is 42.1. The Balaban J connectivity index is 0.000000355. The van der Waals surface area contributed by atoms with Gasteiger partial charge in [-0.15, -0.1) is 33.7 Å². The van der Waals surface area contributed by atoms with E-state index in [0.29, 0.717) is 23.7 Å². The first-order valence-corrected chi connectivity index (χ1v) is 19.6. The normalized spacial score (nSPS) is 17.7. The fourth-order valence-electron chi connectivity index (χ4n) is 8.53. The van der Waals surface area contributed by atoms with Gasteiger partial charge in [0.15, 0.2) is 0 Å². The molecule has 0 bridgehead atoms. The van der Waals surface area contributed by atoms with Gasteiger partial charge in [0, 0.05) is 0 Å². The van der Waals surface area contributed by atoms with Crippen LogP contribution in [0.1, 0.15) is 110 Å². The summed E-state index contributed by atoms with van der Waals surface area (Å²) >= 11 is 1.46. The van der Waals surface area contributed by atoms with Crippen LogP contribution in [-0.4, -0.2) is 3.21 Å². The van der Waals surface area contributed by atoms with Gasteiger partial charge in [0.1, 0.15) is 0 Å². The molecule has 0 amide bonds. The van der Waals surface area contributed by atoms with E-state index in [1.165, 1.54) is 76.9 Å². The summed E-state index contributed by atoms with van der Waals surface area (Å²) in [5.41, 5.74) is 14.9. The van der Waals surface area contributed by atoms with Crippen LogP contribution in [-0.2, 0) is 30.7 Å². The summed E-state index contributed by atoms with van der Waals surface area (Å²) in [4.78, 5) is 0. The van der Waals surface area contributed by atoms with Crippen molar-refractivity contribution in [1.82, 2.24) is 0 Å². The van der Waals surface area contributed by atoms with Crippen LogP contribution < -0.4 is 35.3 Å². The van der Waals surface area contributed by atoms with E-state index in [0.717, 1.165) is 19.3 Å². The molecule has 0 spiro atoms. The summed E-state index contributed by atoms with van der Waals surface area (Å²) in [6, 6.07) is 26.0. The van der Waals surface area contributed by atoms with E-state index in [4.69, 9.17) is 0 Å². The minimum atomic E-state index is 0. The quantitative estimate of drug-likeness (QED) is 0.273. The monoisotopic (exact) mass is 779 g/mol. The predicted molar refractivity (Wildman–Crippen MR) is 205 cm³/mol. The van der Waals surface area contributed by atoms with Crippen molar-refractivity contribution < 1.29 is 49.0 Å². The maximum atomic E-state index is 4.06. The van der Waals surface area contributed by atoms with Gasteiger partial charge in [-0.1, -0.05) is 127 Å². The molecular formula is C47H55Cl2Zr-. The van der Waals surface area contributed by atoms with Gasteiger partial charge in [0.25, 0.3) is 0 Å². The van der Waals surface area contributed by atoms with Gasteiger partial charge in [0.2, 0.25) is 0 Å². The van der Waals surface area contributed by atoms with E-state index in [1.807, 2.05) is 0 Å². The molecule has 6 rings (SSSR count). The third-order valence-electron chi connectivity index (χ3n) is 10.7. The molecule has 262 valence electrons. The zero-order valence-corrected chi connectivity index (χ0v) is 35.8. The first-order valence-electron chi connectivity index (χ1n) is 18.3. The average molecular weight is 782 g/mol. The predicted octanol–water partition coefficient (Wildman–Crippen LogP) is 4.86. The summed E-state index contributed by atoms with van der Waals surface area (Å²) in [5.74, 6) is 1.99. The molecule has 0 nitrogen and oxygen atoms in total. The van der Waals surface area contributed by atoms with Gasteiger partial charge in [-0.3, -0.25) is 0 Å². The van der Waals surface area contributed by atoms with Crippen molar-refractivity contribution in [2.75, 3.05) is 0 Å². The molecular weight excluding hydrogens is 727 g/mol. The Morgan fingerprint density at radius 2 is 1.36 bits per heavy atom. The van der Waals surface area contributed by atoms with Crippen LogP contribution >= 0.6 is 0 Å². The van der Waals surface area contributed by atoms with E-state index in [9.17, 15) is 0 Å². The van der Waals surface area contributed by atoms with E-state index in [-0.39, 0.29) is 30.2 Å². The first-order chi connectivity index (χ1) is 23.0. The van der Waals surface area contributed by atoms with Gasteiger partial charge in [-0.25, -0.2) is 0 Å². The number of hydrogen-bond donors (Lipinski definition) is 0. The van der Waals surface area contributed by atoms with Crippen LogP contribution in [0.25, 0.3) is 11.6 Å². The molecule has 50 heavy (non-hydrogen) atoms. The van der Waals surface area contributed by atoms with Gasteiger partial charge in [-0.05, 0) is 48.3 Å². The number of allylic oxidation sites excluding steroid dienone is 8. The summed E-state index contributed by atoms with van der Waals surface area (Å²) in [6.07, 6.45) is 14.3. The van der Waals surface area contributed by atoms with Gasteiger partial charge >= 0.3 is 99.2 Å². The molecule has 1 unspecified atom stereocenters. The number of hydrogen-bond acceptors (Lipinski definition) is 0. The Hall–Kier alpha value is -2.31. The molecule has 0 saturated carbocycles. The molecule has 0 aliphatic heterocycles. The topological polar surface area (TPSA) is 0 Å². The maximum absolute atomic E-state index is 4.06. The second-order valence-electron chi connectivity index (χ2n) is 14.9. The second kappa shape index (κ2) is 18.0. The van der Waals surface area contributed by atoms with Crippen molar-refractivity contribution in [2.45, 2.75) is 94.4 Å². The Labute approximate surface area is 330 Å². The van der Waals surface area contributed by atoms with Crippen molar-refractivity contribution in [2.24, 2.45) is 23.2 Å². The molecule has 0 saturated heterocycles. The summed E-state index contributed by atoms with van der Waals surface area (Å²) in [5, 5.41) is 2.80. The standard InChI is InChI=1S/C34H45.C13H10.2ClH.Zr/c1-11-24-17-26-19-28-31(30(26)27(18-24)20(3)4)29(21(5)6)32(22(7)8)34(12-2,23(9)10)33(28)25-15-13-14-16-25;1-3-7-12(8-4-1)11-13-9-5-2-6-10-13;;;/h13-15,17-18,20-23H,11-12,16H2,1-10H3;1-10H;2*1H;/q-1;;;;+2/p-2. The van der Waals surface area contributed by atoms with Crippen LogP contribution in [0.3, 0.4) is 0 Å². The van der Waals surface area contributed by atoms with E-state index in [1.54, 1.807) is 16.7 Å². The van der Waals surface area contributed by atoms with Crippen molar-refractivity contribution in [1.29, 1.82) is 0 Å². The molecule has 3 aromatic carbocycles. The summed E-state index contributed by atoms with van der Waals surface area (Å²) in [7, 11) is 0. The minimum absolute atomic E-state index is 0. The number of benzene rings is 3. The number of fused-ring (bicyclic) bond motifs is 2. The average Bonchev–Trinajstić information content (AvgIpc) is 3.75. The SMILES string of the molecule is CCc1cc(C(C)C)c2c(c1)=[C-]C1=C(C3=CC=CC3)C(CC)(C(C)C)C(C(C)C)=C(C(C)C)C=21.[Cl-].[Cl-].[Zr+2]=[C](c1ccccc1)c1ccccc1. The number of aryl methyl sites for hydroxylation is 1. The van der Waals surface area contributed by atoms with E-state index < -0.39 is 0 Å². The van der Waals surface area contributed by atoms with Gasteiger partial charge in [-0.2, -0.15) is 0 Å². The molecule has 0 fully saturated rings. The molecule has 0 radical (unpaired) electrons. The third kappa shape index (κ3) is 7.87. The Morgan fingerprint density at radius 1 is 0.780 bits per heavy atom. The number of rotatable bonds is 9. The van der Waals surface area contributed by atoms with E-state index in [2.05, 4.69) is 166 Å². The van der Waals surface area contributed by atoms with Crippen LogP contribution in [0.15, 0.2) is 119 Å². The Morgan fingerprint density at radius 3 is 1.78 bits per heavy atom. The molecule has 0 N–H and O–H groups in total. The Bertz CT molecular complexity index is 1880. The fraction of sp³-hybridized carbons (Fsp3) is 0.383. The van der Waals surface area contributed by atoms with Crippen molar-refractivity contribution in [3.05, 3.63) is 152 Å². The van der Waals surface area contributed by atoms with E-state index >= 15 is 0 Å². The Kier molecular flexibility index (Phi) is 15.1. The molecule has 1 atom stereocenters. The molecule has 3 aliphatic carbocycles. The molecule has 3 aromatic rings. The zero-order valence-electron chi connectivity index (χ0n) is 31.8. The molecule has 3 aliphatic rings. The summed E-state index contributed by atoms with van der Waals surface area (Å²) in [6.45, 7) is 24.0. The zero-order chi connectivity index (χ0) is 34.7.